The standard InChI is InChI=1S/C8H7F2NO3/c1-11-3-2-5(4-6(11)12)8(9,10)7(13)14/h2-4H,1H3,(H,13,14). The molecule has 0 aliphatic heterocycles. The van der Waals surface area contributed by atoms with Crippen molar-refractivity contribution in [3.05, 3.63) is 34.2 Å². The zero-order chi connectivity index (χ0) is 10.9. The molecule has 1 aromatic rings. The highest BCUT2D eigenvalue weighted by atomic mass is 19.3. The van der Waals surface area contributed by atoms with E-state index < -0.39 is 23.0 Å². The van der Waals surface area contributed by atoms with Crippen molar-refractivity contribution in [3.8, 4) is 0 Å². The number of rotatable bonds is 2. The predicted octanol–water partition coefficient (Wildman–Crippen LogP) is 0.562. The quantitative estimate of drug-likeness (QED) is 0.764. The largest absolute Gasteiger partial charge is 0.477 e. The number of pyridine rings is 1. The van der Waals surface area contributed by atoms with E-state index in [1.165, 1.54) is 7.05 Å². The van der Waals surface area contributed by atoms with Crippen molar-refractivity contribution in [1.29, 1.82) is 0 Å². The second-order valence-corrected chi connectivity index (χ2v) is 2.74. The summed E-state index contributed by atoms with van der Waals surface area (Å²) in [5.74, 6) is -6.29. The number of aromatic nitrogens is 1. The molecule has 0 fully saturated rings. The summed E-state index contributed by atoms with van der Waals surface area (Å²) in [5.41, 5.74) is -1.49. The van der Waals surface area contributed by atoms with Crippen LogP contribution in [0.15, 0.2) is 23.1 Å². The lowest BCUT2D eigenvalue weighted by molar-refractivity contribution is -0.166. The summed E-state index contributed by atoms with van der Waals surface area (Å²) < 4.78 is 26.8. The van der Waals surface area contributed by atoms with Crippen LogP contribution in [0, 0.1) is 0 Å². The maximum absolute atomic E-state index is 12.8. The number of aliphatic carboxylic acids is 1. The van der Waals surface area contributed by atoms with E-state index >= 15 is 0 Å². The molecular weight excluding hydrogens is 196 g/mol. The third kappa shape index (κ3) is 1.63. The van der Waals surface area contributed by atoms with Gasteiger partial charge in [-0.15, -0.1) is 0 Å². The number of aryl methyl sites for hydroxylation is 1. The summed E-state index contributed by atoms with van der Waals surface area (Å²) >= 11 is 0. The number of halogens is 2. The molecular formula is C8H7F2NO3. The number of hydrogen-bond donors (Lipinski definition) is 1. The molecule has 0 unspecified atom stereocenters. The van der Waals surface area contributed by atoms with Crippen molar-refractivity contribution in [2.75, 3.05) is 0 Å². The molecule has 0 amide bonds. The molecule has 0 saturated heterocycles. The van der Waals surface area contributed by atoms with Crippen LogP contribution >= 0.6 is 0 Å². The highest BCUT2D eigenvalue weighted by molar-refractivity contribution is 5.77. The minimum absolute atomic E-state index is 0.605. The van der Waals surface area contributed by atoms with Crippen LogP contribution in [0.25, 0.3) is 0 Å². The predicted molar refractivity (Wildman–Crippen MR) is 43.2 cm³/mol. The lowest BCUT2D eigenvalue weighted by Crippen LogP contribution is -2.28. The van der Waals surface area contributed by atoms with Crippen LogP contribution in [0.4, 0.5) is 8.78 Å². The van der Waals surface area contributed by atoms with Gasteiger partial charge in [-0.05, 0) is 6.07 Å². The molecule has 6 heteroatoms. The Bertz CT molecular complexity index is 425. The Morgan fingerprint density at radius 3 is 2.57 bits per heavy atom. The van der Waals surface area contributed by atoms with Gasteiger partial charge in [-0.25, -0.2) is 4.79 Å². The monoisotopic (exact) mass is 203 g/mol. The van der Waals surface area contributed by atoms with Crippen LogP contribution in [0.2, 0.25) is 0 Å². The van der Waals surface area contributed by atoms with E-state index in [-0.39, 0.29) is 0 Å². The third-order valence-electron chi connectivity index (χ3n) is 1.74. The van der Waals surface area contributed by atoms with E-state index in [4.69, 9.17) is 5.11 Å². The Balaban J connectivity index is 3.28. The molecule has 0 radical (unpaired) electrons. The van der Waals surface area contributed by atoms with Crippen LogP contribution in [0.3, 0.4) is 0 Å². The first-order valence-corrected chi connectivity index (χ1v) is 3.64. The molecule has 1 aromatic heterocycles. The number of nitrogens with zero attached hydrogens (tertiary/aromatic N) is 1. The van der Waals surface area contributed by atoms with Gasteiger partial charge < -0.3 is 9.67 Å². The van der Waals surface area contributed by atoms with Gasteiger partial charge in [-0.2, -0.15) is 8.78 Å². The van der Waals surface area contributed by atoms with Gasteiger partial charge in [0.2, 0.25) is 0 Å². The summed E-state index contributed by atoms with van der Waals surface area (Å²) in [6.07, 6.45) is 1.09. The van der Waals surface area contributed by atoms with E-state index in [1.807, 2.05) is 0 Å². The molecule has 0 spiro atoms. The van der Waals surface area contributed by atoms with Crippen molar-refractivity contribution in [2.24, 2.45) is 7.05 Å². The van der Waals surface area contributed by atoms with Crippen molar-refractivity contribution in [3.63, 3.8) is 0 Å². The highest BCUT2D eigenvalue weighted by Crippen LogP contribution is 2.26. The highest BCUT2D eigenvalue weighted by Gasteiger charge is 2.41. The Hall–Kier alpha value is -1.72. The average Bonchev–Trinajstić information content (AvgIpc) is 2.09. The van der Waals surface area contributed by atoms with E-state index in [0.29, 0.717) is 6.07 Å². The molecule has 1 N–H and O–H groups in total. The number of carboxylic acid groups (broad SMARTS) is 1. The van der Waals surface area contributed by atoms with Crippen molar-refractivity contribution >= 4 is 5.97 Å². The molecule has 76 valence electrons. The summed E-state index contributed by atoms with van der Waals surface area (Å²) in [4.78, 5) is 21.1. The maximum Gasteiger partial charge on any atom is 0.379 e. The fourth-order valence-electron chi connectivity index (χ4n) is 0.867. The topological polar surface area (TPSA) is 59.3 Å². The first kappa shape index (κ1) is 10.4. The van der Waals surface area contributed by atoms with E-state index in [9.17, 15) is 18.4 Å². The Kier molecular flexibility index (Phi) is 2.37. The van der Waals surface area contributed by atoms with E-state index in [1.54, 1.807) is 0 Å². The van der Waals surface area contributed by atoms with Gasteiger partial charge in [0.25, 0.3) is 5.56 Å². The number of hydrogen-bond acceptors (Lipinski definition) is 2. The molecule has 0 aliphatic rings. The van der Waals surface area contributed by atoms with E-state index in [0.717, 1.165) is 16.8 Å². The maximum atomic E-state index is 12.8. The average molecular weight is 203 g/mol. The number of carboxylic acids is 1. The molecule has 14 heavy (non-hydrogen) atoms. The molecule has 1 heterocycles. The Labute approximate surface area is 77.4 Å². The van der Waals surface area contributed by atoms with Crippen molar-refractivity contribution in [2.45, 2.75) is 5.92 Å². The third-order valence-corrected chi connectivity index (χ3v) is 1.74. The van der Waals surface area contributed by atoms with Gasteiger partial charge >= 0.3 is 11.9 Å². The van der Waals surface area contributed by atoms with Gasteiger partial charge in [-0.3, -0.25) is 4.79 Å². The molecule has 0 saturated carbocycles. The smallest absolute Gasteiger partial charge is 0.379 e. The second kappa shape index (κ2) is 3.21. The zero-order valence-corrected chi connectivity index (χ0v) is 7.20. The van der Waals surface area contributed by atoms with Crippen LogP contribution in [0.5, 0.6) is 0 Å². The minimum Gasteiger partial charge on any atom is -0.477 e. The lowest BCUT2D eigenvalue weighted by Gasteiger charge is -2.10. The summed E-state index contributed by atoms with van der Waals surface area (Å²) in [6, 6.07) is 1.50. The van der Waals surface area contributed by atoms with Crippen LogP contribution < -0.4 is 5.56 Å². The normalized spacial score (nSPS) is 11.4. The fraction of sp³-hybridized carbons (Fsp3) is 0.250. The van der Waals surface area contributed by atoms with Gasteiger partial charge in [-0.1, -0.05) is 0 Å². The van der Waals surface area contributed by atoms with E-state index in [2.05, 4.69) is 0 Å². The lowest BCUT2D eigenvalue weighted by atomic mass is 10.1. The number of alkyl halides is 2. The van der Waals surface area contributed by atoms with Crippen LogP contribution in [-0.2, 0) is 17.8 Å². The van der Waals surface area contributed by atoms with Crippen molar-refractivity contribution < 1.29 is 18.7 Å². The fourth-order valence-corrected chi connectivity index (χ4v) is 0.867. The number of carbonyl (C=O) groups is 1. The molecule has 0 aromatic carbocycles. The summed E-state index contributed by atoms with van der Waals surface area (Å²) in [7, 11) is 1.38. The van der Waals surface area contributed by atoms with Crippen LogP contribution in [0.1, 0.15) is 5.56 Å². The Morgan fingerprint density at radius 2 is 2.14 bits per heavy atom. The molecule has 1 rings (SSSR count). The molecule has 0 bridgehead atoms. The first-order valence-electron chi connectivity index (χ1n) is 3.64. The molecule has 0 aliphatic carbocycles. The summed E-state index contributed by atoms with van der Waals surface area (Å²) in [5, 5.41) is 8.20. The minimum atomic E-state index is -4.02. The van der Waals surface area contributed by atoms with Gasteiger partial charge in [0.15, 0.2) is 0 Å². The van der Waals surface area contributed by atoms with Crippen molar-refractivity contribution in [1.82, 2.24) is 4.57 Å². The molecule has 4 nitrogen and oxygen atoms in total. The second-order valence-electron chi connectivity index (χ2n) is 2.74. The Morgan fingerprint density at radius 1 is 1.57 bits per heavy atom. The summed E-state index contributed by atoms with van der Waals surface area (Å²) in [6.45, 7) is 0. The van der Waals surface area contributed by atoms with Gasteiger partial charge in [0, 0.05) is 24.9 Å². The van der Waals surface area contributed by atoms with Crippen LogP contribution in [-0.4, -0.2) is 15.6 Å². The van der Waals surface area contributed by atoms with Gasteiger partial charge in [0.1, 0.15) is 0 Å². The SMILES string of the molecule is Cn1ccc(C(F)(F)C(=O)O)cc1=O. The van der Waals surface area contributed by atoms with Gasteiger partial charge in [0.05, 0.1) is 0 Å². The first-order chi connectivity index (χ1) is 6.35. The zero-order valence-electron chi connectivity index (χ0n) is 7.20. The molecule has 0 atom stereocenters.